The van der Waals surface area contributed by atoms with E-state index in [1.807, 2.05) is 0 Å². The van der Waals surface area contributed by atoms with Crippen molar-refractivity contribution >= 4 is 28.5 Å². The van der Waals surface area contributed by atoms with Gasteiger partial charge < -0.3 is 25.2 Å². The van der Waals surface area contributed by atoms with Crippen molar-refractivity contribution in [1.29, 1.82) is 0 Å². The Morgan fingerprint density at radius 2 is 1.91 bits per heavy atom. The zero-order valence-electron chi connectivity index (χ0n) is 18.8. The number of aliphatic hydroxyl groups is 1. The first kappa shape index (κ1) is 25.8. The van der Waals surface area contributed by atoms with E-state index in [0.29, 0.717) is 29.9 Å². The average molecular weight is 499 g/mol. The number of aromatic nitrogens is 1. The van der Waals surface area contributed by atoms with Crippen molar-refractivity contribution in [3.05, 3.63) is 40.5 Å². The normalized spacial score (nSPS) is 14.7. The number of aliphatic hydroxyl groups excluding tert-OH is 1. The molecule has 1 aromatic heterocycles. The van der Waals surface area contributed by atoms with Gasteiger partial charge in [-0.1, -0.05) is 0 Å². The lowest BCUT2D eigenvalue weighted by molar-refractivity contribution is 0.0693. The molecule has 0 aliphatic carbocycles. The highest BCUT2D eigenvalue weighted by atomic mass is 32.1. The number of aryl methyl sites for hydroxylation is 1. The van der Waals surface area contributed by atoms with Crippen LogP contribution in [0.5, 0.6) is 5.88 Å². The summed E-state index contributed by atoms with van der Waals surface area (Å²) in [5.74, 6) is -3.40. The van der Waals surface area contributed by atoms with Crippen LogP contribution in [0.3, 0.4) is 0 Å². The van der Waals surface area contributed by atoms with Gasteiger partial charge in [0.05, 0.1) is 11.7 Å². The standard InChI is InChI=1S/C22H28F2N4O5S/c1-13-10-16(23)15(17(24)11-13)12-33-19-18(21(30)31)20(34-27-19)26-22(32)25-6-4-14(29)5-9-28-7-2-3-8-28/h10-11,14,29H,2-9,12H2,1H3,(H,30,31)(H2,25,26,32). The monoisotopic (exact) mass is 498 g/mol. The third-order valence-electron chi connectivity index (χ3n) is 5.48. The number of carbonyl (C=O) groups excluding carboxylic acids is 1. The molecular weight excluding hydrogens is 470 g/mol. The zero-order chi connectivity index (χ0) is 24.7. The number of nitrogens with one attached hydrogen (secondary N) is 2. The van der Waals surface area contributed by atoms with Crippen molar-refractivity contribution in [2.45, 2.75) is 45.3 Å². The molecule has 4 N–H and O–H groups in total. The smallest absolute Gasteiger partial charge is 0.344 e. The number of amides is 2. The third kappa shape index (κ3) is 7.08. The molecule has 2 amide bonds. The van der Waals surface area contributed by atoms with E-state index in [4.69, 9.17) is 4.74 Å². The SMILES string of the molecule is Cc1cc(F)c(COc2nsc(NC(=O)NCCC(O)CCN3CCCC3)c2C(=O)O)c(F)c1. The van der Waals surface area contributed by atoms with Gasteiger partial charge in [0.2, 0.25) is 5.88 Å². The molecule has 1 unspecified atom stereocenters. The minimum absolute atomic E-state index is 0.0839. The number of rotatable bonds is 11. The molecule has 2 aromatic rings. The first-order valence-electron chi connectivity index (χ1n) is 11.0. The molecule has 2 heterocycles. The maximum Gasteiger partial charge on any atom is 0.344 e. The van der Waals surface area contributed by atoms with Crippen molar-refractivity contribution in [3.63, 3.8) is 0 Å². The molecule has 34 heavy (non-hydrogen) atoms. The van der Waals surface area contributed by atoms with Crippen LogP contribution in [0, 0.1) is 18.6 Å². The summed E-state index contributed by atoms with van der Waals surface area (Å²) >= 11 is 0.671. The molecular formula is C22H28F2N4O5S. The Hall–Kier alpha value is -2.83. The number of anilines is 1. The van der Waals surface area contributed by atoms with E-state index in [-0.39, 0.29) is 23.0 Å². The lowest BCUT2D eigenvalue weighted by Gasteiger charge is -2.17. The Kier molecular flexibility index (Phi) is 9.13. The number of carboxylic acids is 1. The van der Waals surface area contributed by atoms with Gasteiger partial charge in [-0.15, -0.1) is 0 Å². The van der Waals surface area contributed by atoms with Crippen molar-refractivity contribution in [2.24, 2.45) is 0 Å². The molecule has 0 bridgehead atoms. The largest absolute Gasteiger partial charge is 0.477 e. The summed E-state index contributed by atoms with van der Waals surface area (Å²) in [6.45, 7) is 4.09. The van der Waals surface area contributed by atoms with Gasteiger partial charge in [-0.2, -0.15) is 4.37 Å². The van der Waals surface area contributed by atoms with Crippen LogP contribution in [-0.4, -0.2) is 63.8 Å². The molecule has 3 rings (SSSR count). The Bertz CT molecular complexity index is 990. The Morgan fingerprint density at radius 3 is 2.56 bits per heavy atom. The molecule has 1 aromatic carbocycles. The molecule has 12 heteroatoms. The molecule has 1 fully saturated rings. The number of aromatic carboxylic acids is 1. The fraction of sp³-hybridized carbons (Fsp3) is 0.500. The van der Waals surface area contributed by atoms with Gasteiger partial charge in [0, 0.05) is 13.1 Å². The van der Waals surface area contributed by atoms with Crippen LogP contribution >= 0.6 is 11.5 Å². The lowest BCUT2D eigenvalue weighted by atomic mass is 10.1. The first-order valence-corrected chi connectivity index (χ1v) is 11.8. The van der Waals surface area contributed by atoms with Crippen LogP contribution < -0.4 is 15.4 Å². The summed E-state index contributed by atoms with van der Waals surface area (Å²) in [5, 5.41) is 24.5. The Morgan fingerprint density at radius 1 is 1.24 bits per heavy atom. The molecule has 186 valence electrons. The number of likely N-dealkylation sites (tertiary alicyclic amines) is 1. The van der Waals surface area contributed by atoms with Crippen molar-refractivity contribution < 1.29 is 33.3 Å². The summed E-state index contributed by atoms with van der Waals surface area (Å²) in [6, 6.07) is 1.61. The Balaban J connectivity index is 1.50. The van der Waals surface area contributed by atoms with Gasteiger partial charge in [-0.3, -0.25) is 5.32 Å². The number of ether oxygens (including phenoxy) is 1. The summed E-state index contributed by atoms with van der Waals surface area (Å²) in [6.07, 6.45) is 2.78. The number of halogens is 2. The van der Waals surface area contributed by atoms with Crippen LogP contribution in [0.15, 0.2) is 12.1 Å². The number of nitrogens with zero attached hydrogens (tertiary/aromatic N) is 2. The summed E-state index contributed by atoms with van der Waals surface area (Å²) in [7, 11) is 0. The van der Waals surface area contributed by atoms with E-state index >= 15 is 0 Å². The molecule has 0 radical (unpaired) electrons. The highest BCUT2D eigenvalue weighted by molar-refractivity contribution is 7.11. The summed E-state index contributed by atoms with van der Waals surface area (Å²) in [5.41, 5.74) is -0.376. The topological polar surface area (TPSA) is 124 Å². The zero-order valence-corrected chi connectivity index (χ0v) is 19.6. The maximum atomic E-state index is 14.0. The van der Waals surface area contributed by atoms with E-state index in [0.717, 1.165) is 31.8 Å². The van der Waals surface area contributed by atoms with Crippen molar-refractivity contribution in [3.8, 4) is 5.88 Å². The van der Waals surface area contributed by atoms with E-state index in [2.05, 4.69) is 19.9 Å². The van der Waals surface area contributed by atoms with E-state index < -0.39 is 41.9 Å². The van der Waals surface area contributed by atoms with Crippen LogP contribution in [0.1, 0.15) is 47.2 Å². The minimum Gasteiger partial charge on any atom is -0.477 e. The van der Waals surface area contributed by atoms with Gasteiger partial charge in [0.25, 0.3) is 0 Å². The number of carboxylic acid groups (broad SMARTS) is 1. The van der Waals surface area contributed by atoms with Gasteiger partial charge in [0.1, 0.15) is 23.2 Å². The predicted octanol–water partition coefficient (Wildman–Crippen LogP) is 3.37. The Labute approximate surface area is 199 Å². The number of benzene rings is 1. The van der Waals surface area contributed by atoms with Gasteiger partial charge in [0.15, 0.2) is 5.56 Å². The average Bonchev–Trinajstić information content (AvgIpc) is 3.41. The second-order valence-corrected chi connectivity index (χ2v) is 8.93. The number of hydrogen-bond donors (Lipinski definition) is 4. The number of carbonyl (C=O) groups is 2. The fourth-order valence-corrected chi connectivity index (χ4v) is 4.36. The lowest BCUT2D eigenvalue weighted by Crippen LogP contribution is -2.32. The van der Waals surface area contributed by atoms with E-state index in [9.17, 15) is 28.6 Å². The number of hydrogen-bond acceptors (Lipinski definition) is 7. The molecule has 0 saturated carbocycles. The third-order valence-corrected chi connectivity index (χ3v) is 6.23. The fourth-order valence-electron chi connectivity index (χ4n) is 3.64. The molecule has 0 spiro atoms. The molecule has 9 nitrogen and oxygen atoms in total. The van der Waals surface area contributed by atoms with E-state index in [1.165, 1.54) is 19.8 Å². The molecule has 1 atom stereocenters. The summed E-state index contributed by atoms with van der Waals surface area (Å²) in [4.78, 5) is 26.2. The molecule has 1 saturated heterocycles. The predicted molar refractivity (Wildman–Crippen MR) is 122 cm³/mol. The van der Waals surface area contributed by atoms with Crippen LogP contribution in [-0.2, 0) is 6.61 Å². The van der Waals surface area contributed by atoms with Gasteiger partial charge in [-0.05, 0) is 74.9 Å². The first-order chi connectivity index (χ1) is 16.2. The van der Waals surface area contributed by atoms with E-state index in [1.54, 1.807) is 0 Å². The highest BCUT2D eigenvalue weighted by Crippen LogP contribution is 2.31. The quantitative estimate of drug-likeness (QED) is 0.375. The van der Waals surface area contributed by atoms with Crippen LogP contribution in [0.2, 0.25) is 0 Å². The molecule has 1 aliphatic heterocycles. The van der Waals surface area contributed by atoms with Crippen LogP contribution in [0.25, 0.3) is 0 Å². The van der Waals surface area contributed by atoms with Crippen LogP contribution in [0.4, 0.5) is 18.6 Å². The van der Waals surface area contributed by atoms with Gasteiger partial charge >= 0.3 is 12.0 Å². The number of urea groups is 1. The maximum absolute atomic E-state index is 14.0. The summed E-state index contributed by atoms with van der Waals surface area (Å²) < 4.78 is 37.1. The second kappa shape index (κ2) is 12.0. The highest BCUT2D eigenvalue weighted by Gasteiger charge is 2.24. The second-order valence-electron chi connectivity index (χ2n) is 8.15. The molecule has 1 aliphatic rings. The van der Waals surface area contributed by atoms with Crippen molar-refractivity contribution in [2.75, 3.05) is 31.5 Å². The van der Waals surface area contributed by atoms with Gasteiger partial charge in [-0.25, -0.2) is 18.4 Å². The minimum atomic E-state index is -1.42. The van der Waals surface area contributed by atoms with Crippen molar-refractivity contribution in [1.82, 2.24) is 14.6 Å².